The molecule has 9 heteroatoms. The third-order valence-electron chi connectivity index (χ3n) is 3.65. The van der Waals surface area contributed by atoms with Gasteiger partial charge in [0.2, 0.25) is 5.91 Å². The van der Waals surface area contributed by atoms with Crippen molar-refractivity contribution in [3.63, 3.8) is 0 Å². The van der Waals surface area contributed by atoms with E-state index < -0.39 is 36.0 Å². The molecule has 3 N–H and O–H groups in total. The Morgan fingerprint density at radius 2 is 2.00 bits per heavy atom. The van der Waals surface area contributed by atoms with Gasteiger partial charge in [-0.1, -0.05) is 28.1 Å². The molecule has 8 nitrogen and oxygen atoms in total. The minimum atomic E-state index is -1.28. The van der Waals surface area contributed by atoms with Crippen LogP contribution >= 0.6 is 15.9 Å². The number of nitrogens with zero attached hydrogens (tertiary/aromatic N) is 1. The van der Waals surface area contributed by atoms with Crippen molar-refractivity contribution in [1.82, 2.24) is 20.9 Å². The van der Waals surface area contributed by atoms with Gasteiger partial charge in [0.05, 0.1) is 0 Å². The Balaban J connectivity index is 2.11. The number of carbonyl (C=O) groups excluding carboxylic acids is 4. The number of amides is 6. The van der Waals surface area contributed by atoms with Gasteiger partial charge in [-0.25, -0.2) is 9.59 Å². The van der Waals surface area contributed by atoms with Gasteiger partial charge in [0.15, 0.2) is 0 Å². The van der Waals surface area contributed by atoms with E-state index in [4.69, 9.17) is 0 Å². The van der Waals surface area contributed by atoms with Crippen LogP contribution in [0.2, 0.25) is 0 Å². The first-order valence-electron chi connectivity index (χ1n) is 7.64. The van der Waals surface area contributed by atoms with Crippen LogP contribution in [0.25, 0.3) is 0 Å². The second-order valence-electron chi connectivity index (χ2n) is 6.13. The monoisotopic (exact) mass is 410 g/mol. The molecule has 0 aromatic heterocycles. The molecule has 1 aromatic rings. The maximum Gasteiger partial charge on any atom is 0.325 e. The maximum atomic E-state index is 12.7. The van der Waals surface area contributed by atoms with Crippen LogP contribution in [-0.2, 0) is 15.1 Å². The predicted octanol–water partition coefficient (Wildman–Crippen LogP) is 1.45. The molecule has 2 rings (SSSR count). The number of imide groups is 2. The Labute approximate surface area is 153 Å². The van der Waals surface area contributed by atoms with Crippen molar-refractivity contribution in [2.45, 2.75) is 32.4 Å². The van der Waals surface area contributed by atoms with E-state index in [1.807, 2.05) is 0 Å². The Bertz CT molecular complexity index is 737. The Hall–Kier alpha value is -2.42. The molecule has 6 amide bonds. The van der Waals surface area contributed by atoms with Gasteiger partial charge in [0.1, 0.15) is 12.1 Å². The summed E-state index contributed by atoms with van der Waals surface area (Å²) in [4.78, 5) is 49.1. The van der Waals surface area contributed by atoms with Crippen molar-refractivity contribution in [2.75, 3.05) is 6.54 Å². The number of hydrogen-bond acceptors (Lipinski definition) is 4. The average molecular weight is 411 g/mol. The summed E-state index contributed by atoms with van der Waals surface area (Å²) in [6.45, 7) is 4.51. The van der Waals surface area contributed by atoms with Crippen molar-refractivity contribution >= 4 is 39.8 Å². The highest BCUT2D eigenvalue weighted by molar-refractivity contribution is 9.10. The first-order chi connectivity index (χ1) is 11.6. The highest BCUT2D eigenvalue weighted by atomic mass is 79.9. The van der Waals surface area contributed by atoms with E-state index in [-0.39, 0.29) is 6.04 Å². The minimum Gasteiger partial charge on any atom is -0.336 e. The fourth-order valence-electron chi connectivity index (χ4n) is 2.44. The molecule has 0 unspecified atom stereocenters. The van der Waals surface area contributed by atoms with E-state index in [1.54, 1.807) is 45.0 Å². The lowest BCUT2D eigenvalue weighted by Gasteiger charge is -2.22. The maximum absolute atomic E-state index is 12.7. The average Bonchev–Trinajstić information content (AvgIpc) is 2.71. The van der Waals surface area contributed by atoms with E-state index in [1.165, 1.54) is 0 Å². The van der Waals surface area contributed by atoms with Gasteiger partial charge in [-0.15, -0.1) is 0 Å². The molecule has 134 valence electrons. The Morgan fingerprint density at radius 1 is 1.32 bits per heavy atom. The lowest BCUT2D eigenvalue weighted by atomic mass is 9.92. The fourth-order valence-corrected chi connectivity index (χ4v) is 2.84. The lowest BCUT2D eigenvalue weighted by Crippen LogP contribution is -2.48. The van der Waals surface area contributed by atoms with Crippen LogP contribution in [0.3, 0.4) is 0 Å². The van der Waals surface area contributed by atoms with Gasteiger partial charge in [0.25, 0.3) is 5.91 Å². The van der Waals surface area contributed by atoms with Crippen LogP contribution in [0.1, 0.15) is 26.3 Å². The summed E-state index contributed by atoms with van der Waals surface area (Å²) in [6.07, 6.45) is 0. The molecule has 0 aliphatic carbocycles. The summed E-state index contributed by atoms with van der Waals surface area (Å²) in [5.41, 5.74) is -0.692. The van der Waals surface area contributed by atoms with Gasteiger partial charge in [0, 0.05) is 10.5 Å². The first-order valence-corrected chi connectivity index (χ1v) is 8.43. The van der Waals surface area contributed by atoms with Crippen LogP contribution in [-0.4, -0.2) is 41.4 Å². The molecule has 0 radical (unpaired) electrons. The first kappa shape index (κ1) is 18.9. The standard InChI is InChI=1S/C16H19BrN4O4/c1-9(2)18-14(24)19-12(22)8-21-13(23)16(3,20-15(21)25)10-5-4-6-11(17)7-10/h4-7,9H,8H2,1-3H3,(H,20,25)(H2,18,19,22,24)/t16-/m1/s1. The summed E-state index contributed by atoms with van der Waals surface area (Å²) in [5.74, 6) is -1.31. The molecule has 1 atom stereocenters. The van der Waals surface area contributed by atoms with Crippen LogP contribution < -0.4 is 16.0 Å². The normalized spacial score (nSPS) is 19.8. The van der Waals surface area contributed by atoms with E-state index in [0.29, 0.717) is 5.56 Å². The van der Waals surface area contributed by atoms with E-state index in [9.17, 15) is 19.2 Å². The molecule has 0 spiro atoms. The van der Waals surface area contributed by atoms with Crippen LogP contribution in [0.5, 0.6) is 0 Å². The number of halogens is 1. The number of rotatable bonds is 4. The van der Waals surface area contributed by atoms with Gasteiger partial charge >= 0.3 is 12.1 Å². The second kappa shape index (κ2) is 7.22. The molecule has 1 aliphatic rings. The van der Waals surface area contributed by atoms with Crippen molar-refractivity contribution in [3.8, 4) is 0 Å². The molecule has 25 heavy (non-hydrogen) atoms. The third-order valence-corrected chi connectivity index (χ3v) is 4.14. The van der Waals surface area contributed by atoms with E-state index in [2.05, 4.69) is 31.9 Å². The molecular weight excluding hydrogens is 392 g/mol. The molecule has 1 heterocycles. The molecular formula is C16H19BrN4O4. The van der Waals surface area contributed by atoms with Crippen molar-refractivity contribution in [1.29, 1.82) is 0 Å². The number of carbonyl (C=O) groups is 4. The number of benzene rings is 1. The zero-order valence-electron chi connectivity index (χ0n) is 14.1. The quantitative estimate of drug-likeness (QED) is 0.652. The molecule has 1 saturated heterocycles. The van der Waals surface area contributed by atoms with Crippen molar-refractivity contribution in [2.24, 2.45) is 0 Å². The van der Waals surface area contributed by atoms with Crippen molar-refractivity contribution in [3.05, 3.63) is 34.3 Å². The molecule has 1 aromatic carbocycles. The Kier molecular flexibility index (Phi) is 5.46. The topological polar surface area (TPSA) is 108 Å². The van der Waals surface area contributed by atoms with Gasteiger partial charge in [-0.3, -0.25) is 19.8 Å². The summed E-state index contributed by atoms with van der Waals surface area (Å²) in [5, 5.41) is 7.17. The molecule has 1 aliphatic heterocycles. The zero-order chi connectivity index (χ0) is 18.8. The smallest absolute Gasteiger partial charge is 0.325 e. The SMILES string of the molecule is CC(C)NC(=O)NC(=O)CN1C(=O)N[C@](C)(c2cccc(Br)c2)C1=O. The molecule has 0 bridgehead atoms. The minimum absolute atomic E-state index is 0.149. The van der Waals surface area contributed by atoms with Gasteiger partial charge in [-0.2, -0.15) is 0 Å². The predicted molar refractivity (Wildman–Crippen MR) is 93.5 cm³/mol. The fraction of sp³-hybridized carbons (Fsp3) is 0.375. The third kappa shape index (κ3) is 4.16. The highest BCUT2D eigenvalue weighted by Gasteiger charge is 2.49. The number of nitrogens with one attached hydrogen (secondary N) is 3. The number of urea groups is 2. The molecule has 0 saturated carbocycles. The van der Waals surface area contributed by atoms with Crippen LogP contribution in [0, 0.1) is 0 Å². The molecule has 1 fully saturated rings. The zero-order valence-corrected chi connectivity index (χ0v) is 15.6. The highest BCUT2D eigenvalue weighted by Crippen LogP contribution is 2.30. The van der Waals surface area contributed by atoms with Crippen LogP contribution in [0.15, 0.2) is 28.7 Å². The summed E-state index contributed by atoms with van der Waals surface area (Å²) in [6, 6.07) is 5.46. The van der Waals surface area contributed by atoms with Crippen LogP contribution in [0.4, 0.5) is 9.59 Å². The number of hydrogen-bond donors (Lipinski definition) is 3. The van der Waals surface area contributed by atoms with Gasteiger partial charge in [-0.05, 0) is 38.5 Å². The van der Waals surface area contributed by atoms with E-state index in [0.717, 1.165) is 9.37 Å². The van der Waals surface area contributed by atoms with E-state index >= 15 is 0 Å². The largest absolute Gasteiger partial charge is 0.336 e. The van der Waals surface area contributed by atoms with Gasteiger partial charge < -0.3 is 10.6 Å². The summed E-state index contributed by atoms with van der Waals surface area (Å²) >= 11 is 3.32. The summed E-state index contributed by atoms with van der Waals surface area (Å²) < 4.78 is 0.759. The Morgan fingerprint density at radius 3 is 2.60 bits per heavy atom. The lowest BCUT2D eigenvalue weighted by molar-refractivity contribution is -0.134. The second-order valence-corrected chi connectivity index (χ2v) is 7.05. The van der Waals surface area contributed by atoms with Crippen molar-refractivity contribution < 1.29 is 19.2 Å². The summed E-state index contributed by atoms with van der Waals surface area (Å²) in [7, 11) is 0.